The highest BCUT2D eigenvalue weighted by atomic mass is 79.9. The Labute approximate surface area is 128 Å². The molecule has 0 saturated carbocycles. The van der Waals surface area contributed by atoms with E-state index in [4.69, 9.17) is 0 Å². The normalized spacial score (nSPS) is 21.9. The van der Waals surface area contributed by atoms with Crippen LogP contribution in [-0.2, 0) is 10.0 Å². The Hall–Kier alpha value is -0.700. The first-order chi connectivity index (χ1) is 9.36. The van der Waals surface area contributed by atoms with Gasteiger partial charge in [-0.3, -0.25) is 0 Å². The number of piperazine rings is 1. The van der Waals surface area contributed by atoms with Gasteiger partial charge in [-0.25, -0.2) is 13.4 Å². The molecule has 1 saturated heterocycles. The summed E-state index contributed by atoms with van der Waals surface area (Å²) in [5.41, 5.74) is 0. The Kier molecular flexibility index (Phi) is 4.68. The molecular formula is C12H19BrN4O2S. The predicted octanol–water partition coefficient (Wildman–Crippen LogP) is 1.21. The Morgan fingerprint density at radius 2 is 2.15 bits per heavy atom. The molecule has 1 N–H and O–H groups in total. The van der Waals surface area contributed by atoms with Crippen LogP contribution in [0.25, 0.3) is 0 Å². The average Bonchev–Trinajstić information content (AvgIpc) is 2.41. The number of pyridine rings is 1. The molecule has 1 unspecified atom stereocenters. The fourth-order valence-corrected chi connectivity index (χ4v) is 4.35. The minimum absolute atomic E-state index is 0.205. The molecule has 20 heavy (non-hydrogen) atoms. The van der Waals surface area contributed by atoms with Gasteiger partial charge >= 0.3 is 0 Å². The summed E-state index contributed by atoms with van der Waals surface area (Å²) in [6, 6.07) is 1.80. The third-order valence-corrected chi connectivity index (χ3v) is 5.91. The summed E-state index contributed by atoms with van der Waals surface area (Å²) in [4.78, 5) is 6.49. The van der Waals surface area contributed by atoms with Crippen LogP contribution in [0.5, 0.6) is 0 Å². The number of rotatable bonds is 3. The SMILES string of the molecule is CNc1ncc(Br)cc1S(=O)(=O)N1CCN(C)C(C)C1. The Balaban J connectivity index is 2.38. The van der Waals surface area contributed by atoms with E-state index in [9.17, 15) is 8.42 Å². The van der Waals surface area contributed by atoms with E-state index in [1.807, 2.05) is 14.0 Å². The molecule has 1 aliphatic rings. The summed E-state index contributed by atoms with van der Waals surface area (Å²) in [7, 11) is 0.145. The number of hydrogen-bond acceptors (Lipinski definition) is 5. The zero-order valence-corrected chi connectivity index (χ0v) is 14.2. The lowest BCUT2D eigenvalue weighted by Gasteiger charge is -2.36. The van der Waals surface area contributed by atoms with Crippen molar-refractivity contribution >= 4 is 31.8 Å². The van der Waals surface area contributed by atoms with Crippen molar-refractivity contribution in [1.82, 2.24) is 14.2 Å². The molecule has 1 aromatic rings. The number of halogens is 1. The molecule has 8 heteroatoms. The molecule has 112 valence electrons. The molecule has 0 aromatic carbocycles. The highest BCUT2D eigenvalue weighted by Crippen LogP contribution is 2.27. The molecule has 6 nitrogen and oxygen atoms in total. The van der Waals surface area contributed by atoms with E-state index in [1.165, 1.54) is 4.31 Å². The maximum absolute atomic E-state index is 12.8. The Morgan fingerprint density at radius 3 is 2.75 bits per heavy atom. The van der Waals surface area contributed by atoms with Crippen LogP contribution in [0, 0.1) is 0 Å². The van der Waals surface area contributed by atoms with E-state index in [0.717, 1.165) is 6.54 Å². The van der Waals surface area contributed by atoms with Crippen LogP contribution in [0.1, 0.15) is 6.92 Å². The topological polar surface area (TPSA) is 65.5 Å². The molecule has 1 atom stereocenters. The molecule has 1 aliphatic heterocycles. The lowest BCUT2D eigenvalue weighted by molar-refractivity contribution is 0.159. The first-order valence-corrected chi connectivity index (χ1v) is 8.63. The largest absolute Gasteiger partial charge is 0.372 e. The smallest absolute Gasteiger partial charge is 0.246 e. The van der Waals surface area contributed by atoms with E-state index >= 15 is 0 Å². The van der Waals surface area contributed by atoms with Crippen LogP contribution >= 0.6 is 15.9 Å². The number of likely N-dealkylation sites (N-methyl/N-ethyl adjacent to an activating group) is 1. The Bertz CT molecular complexity index is 593. The van der Waals surface area contributed by atoms with Gasteiger partial charge in [0.1, 0.15) is 10.7 Å². The summed E-state index contributed by atoms with van der Waals surface area (Å²) in [6.07, 6.45) is 1.58. The molecule has 0 amide bonds. The molecular weight excluding hydrogens is 344 g/mol. The second kappa shape index (κ2) is 5.97. The Morgan fingerprint density at radius 1 is 1.45 bits per heavy atom. The molecule has 1 fully saturated rings. The fourth-order valence-electron chi connectivity index (χ4n) is 2.18. The lowest BCUT2D eigenvalue weighted by atomic mass is 10.2. The quantitative estimate of drug-likeness (QED) is 0.875. The number of hydrogen-bond donors (Lipinski definition) is 1. The summed E-state index contributed by atoms with van der Waals surface area (Å²) in [6.45, 7) is 3.75. The van der Waals surface area contributed by atoms with Gasteiger partial charge in [0.15, 0.2) is 0 Å². The van der Waals surface area contributed by atoms with Crippen molar-refractivity contribution in [1.29, 1.82) is 0 Å². The molecule has 2 heterocycles. The molecule has 0 aliphatic carbocycles. The predicted molar refractivity (Wildman–Crippen MR) is 82.3 cm³/mol. The van der Waals surface area contributed by atoms with Gasteiger partial charge in [0.05, 0.1) is 0 Å². The molecule has 0 bridgehead atoms. The van der Waals surface area contributed by atoms with Crippen LogP contribution in [-0.4, -0.2) is 62.4 Å². The van der Waals surface area contributed by atoms with Gasteiger partial charge in [0.25, 0.3) is 0 Å². The van der Waals surface area contributed by atoms with Gasteiger partial charge in [-0.05, 0) is 36.0 Å². The van der Waals surface area contributed by atoms with Crippen LogP contribution in [0.4, 0.5) is 5.82 Å². The van der Waals surface area contributed by atoms with Gasteiger partial charge in [0, 0.05) is 43.4 Å². The molecule has 1 aromatic heterocycles. The average molecular weight is 363 g/mol. The second-order valence-electron chi connectivity index (χ2n) is 4.94. The van der Waals surface area contributed by atoms with Crippen molar-refractivity contribution in [3.8, 4) is 0 Å². The van der Waals surface area contributed by atoms with E-state index in [0.29, 0.717) is 23.4 Å². The number of nitrogens with zero attached hydrogens (tertiary/aromatic N) is 3. The minimum Gasteiger partial charge on any atom is -0.372 e. The van der Waals surface area contributed by atoms with Gasteiger partial charge in [-0.2, -0.15) is 4.31 Å². The van der Waals surface area contributed by atoms with Crippen molar-refractivity contribution in [2.75, 3.05) is 39.0 Å². The third-order valence-electron chi connectivity index (χ3n) is 3.60. The highest BCUT2D eigenvalue weighted by molar-refractivity contribution is 9.10. The third kappa shape index (κ3) is 2.98. The maximum Gasteiger partial charge on any atom is 0.246 e. The first-order valence-electron chi connectivity index (χ1n) is 6.40. The van der Waals surface area contributed by atoms with Crippen LogP contribution in [0.15, 0.2) is 21.6 Å². The number of sulfonamides is 1. The lowest BCUT2D eigenvalue weighted by Crippen LogP contribution is -2.51. The van der Waals surface area contributed by atoms with Crippen LogP contribution in [0.2, 0.25) is 0 Å². The number of aromatic nitrogens is 1. The van der Waals surface area contributed by atoms with E-state index in [2.05, 4.69) is 31.1 Å². The van der Waals surface area contributed by atoms with Gasteiger partial charge in [-0.15, -0.1) is 0 Å². The van der Waals surface area contributed by atoms with Gasteiger partial charge in [0.2, 0.25) is 10.0 Å². The van der Waals surface area contributed by atoms with Gasteiger partial charge < -0.3 is 10.2 Å². The van der Waals surface area contributed by atoms with E-state index < -0.39 is 10.0 Å². The van der Waals surface area contributed by atoms with E-state index in [-0.39, 0.29) is 10.9 Å². The van der Waals surface area contributed by atoms with Crippen molar-refractivity contribution in [2.24, 2.45) is 0 Å². The van der Waals surface area contributed by atoms with Crippen molar-refractivity contribution in [3.63, 3.8) is 0 Å². The molecule has 2 rings (SSSR count). The zero-order chi connectivity index (χ0) is 14.9. The van der Waals surface area contributed by atoms with Crippen molar-refractivity contribution in [2.45, 2.75) is 17.9 Å². The van der Waals surface area contributed by atoms with Crippen molar-refractivity contribution < 1.29 is 8.42 Å². The summed E-state index contributed by atoms with van der Waals surface area (Å²) in [5.74, 6) is 0.375. The van der Waals surface area contributed by atoms with Gasteiger partial charge in [-0.1, -0.05) is 0 Å². The monoisotopic (exact) mass is 362 g/mol. The minimum atomic E-state index is -3.53. The fraction of sp³-hybridized carbons (Fsp3) is 0.583. The molecule has 0 spiro atoms. The first kappa shape index (κ1) is 15.7. The number of nitrogens with one attached hydrogen (secondary N) is 1. The number of anilines is 1. The molecule has 0 radical (unpaired) electrons. The summed E-state index contributed by atoms with van der Waals surface area (Å²) >= 11 is 3.28. The maximum atomic E-state index is 12.8. The van der Waals surface area contributed by atoms with Crippen LogP contribution in [0.3, 0.4) is 0 Å². The summed E-state index contributed by atoms with van der Waals surface area (Å²) < 4.78 is 27.7. The van der Waals surface area contributed by atoms with Crippen molar-refractivity contribution in [3.05, 3.63) is 16.7 Å². The highest BCUT2D eigenvalue weighted by Gasteiger charge is 2.32. The van der Waals surface area contributed by atoms with E-state index in [1.54, 1.807) is 19.3 Å². The standard InChI is InChI=1S/C12H19BrN4O2S/c1-9-8-17(5-4-16(9)3)20(18,19)11-6-10(13)7-15-12(11)14-2/h6-7,9H,4-5,8H2,1-3H3,(H,14,15). The second-order valence-corrected chi connectivity index (χ2v) is 7.76. The zero-order valence-electron chi connectivity index (χ0n) is 11.8. The van der Waals surface area contributed by atoms with Crippen LogP contribution < -0.4 is 5.32 Å². The summed E-state index contributed by atoms with van der Waals surface area (Å²) in [5, 5.41) is 2.84.